The molecule has 4 heteroatoms. The van der Waals surface area contributed by atoms with Crippen LogP contribution in [0.1, 0.15) is 29.8 Å². The minimum Gasteiger partial charge on any atom is -0.383 e. The Morgan fingerprint density at radius 1 is 1.33 bits per heavy atom. The maximum absolute atomic E-state index is 5.23. The van der Waals surface area contributed by atoms with E-state index in [0.717, 1.165) is 24.6 Å². The second kappa shape index (κ2) is 7.27. The molecule has 1 N–H and O–H groups in total. The summed E-state index contributed by atoms with van der Waals surface area (Å²) in [7, 11) is 1.73. The third-order valence-electron chi connectivity index (χ3n) is 3.51. The molecule has 0 amide bonds. The molecule has 0 bridgehead atoms. The molecule has 21 heavy (non-hydrogen) atoms. The minimum atomic E-state index is 0.276. The number of aromatic nitrogens is 2. The zero-order valence-electron chi connectivity index (χ0n) is 13.4. The first-order valence-electron chi connectivity index (χ1n) is 7.44. The highest BCUT2D eigenvalue weighted by Gasteiger charge is 2.11. The maximum atomic E-state index is 5.23. The van der Waals surface area contributed by atoms with E-state index in [-0.39, 0.29) is 6.04 Å². The van der Waals surface area contributed by atoms with Crippen molar-refractivity contribution in [3.63, 3.8) is 0 Å². The number of nitrogens with one attached hydrogen (secondary N) is 1. The summed E-state index contributed by atoms with van der Waals surface area (Å²) >= 11 is 0. The predicted molar refractivity (Wildman–Crippen MR) is 86.9 cm³/mol. The number of imidazole rings is 1. The number of anilines is 1. The van der Waals surface area contributed by atoms with E-state index < -0.39 is 0 Å². The van der Waals surface area contributed by atoms with Gasteiger partial charge in [-0.2, -0.15) is 0 Å². The first kappa shape index (κ1) is 15.6. The number of benzene rings is 1. The number of methoxy groups -OCH3 is 1. The molecule has 2 rings (SSSR count). The van der Waals surface area contributed by atoms with E-state index >= 15 is 0 Å². The van der Waals surface area contributed by atoms with Gasteiger partial charge in [-0.15, -0.1) is 0 Å². The molecular weight excluding hydrogens is 262 g/mol. The standard InChI is InChI=1S/C17H25N3O/c1-13-6-5-7-16(10-13)8-9-18-17-19-14(2)11-20(17)15(3)12-21-4/h5-7,10-11,15H,8-9,12H2,1-4H3,(H,18,19). The first-order chi connectivity index (χ1) is 10.1. The number of nitrogens with zero attached hydrogens (tertiary/aromatic N) is 2. The molecule has 1 aromatic carbocycles. The highest BCUT2D eigenvalue weighted by atomic mass is 16.5. The molecule has 2 aromatic rings. The molecule has 1 heterocycles. The van der Waals surface area contributed by atoms with Crippen LogP contribution in [0.3, 0.4) is 0 Å². The third kappa shape index (κ3) is 4.33. The molecule has 1 atom stereocenters. The summed E-state index contributed by atoms with van der Waals surface area (Å²) in [6.07, 6.45) is 3.06. The fraction of sp³-hybridized carbons (Fsp3) is 0.471. The summed E-state index contributed by atoms with van der Waals surface area (Å²) in [4.78, 5) is 4.56. The Morgan fingerprint density at radius 2 is 2.14 bits per heavy atom. The summed E-state index contributed by atoms with van der Waals surface area (Å²) in [5.74, 6) is 0.921. The molecule has 0 aliphatic carbocycles. The lowest BCUT2D eigenvalue weighted by Crippen LogP contribution is -2.15. The van der Waals surface area contributed by atoms with Crippen molar-refractivity contribution in [1.29, 1.82) is 0 Å². The normalized spacial score (nSPS) is 12.4. The number of hydrogen-bond acceptors (Lipinski definition) is 3. The molecule has 1 unspecified atom stereocenters. The van der Waals surface area contributed by atoms with Crippen LogP contribution in [0.2, 0.25) is 0 Å². The smallest absolute Gasteiger partial charge is 0.203 e. The fourth-order valence-corrected chi connectivity index (χ4v) is 2.49. The quantitative estimate of drug-likeness (QED) is 0.848. The molecule has 0 fully saturated rings. The molecule has 0 saturated heterocycles. The molecule has 0 saturated carbocycles. The Hall–Kier alpha value is -1.81. The van der Waals surface area contributed by atoms with Crippen LogP contribution in [-0.2, 0) is 11.2 Å². The molecular formula is C17H25N3O. The third-order valence-corrected chi connectivity index (χ3v) is 3.51. The average molecular weight is 287 g/mol. The Labute approximate surface area is 127 Å². The van der Waals surface area contributed by atoms with Crippen LogP contribution in [0.15, 0.2) is 30.5 Å². The minimum absolute atomic E-state index is 0.276. The van der Waals surface area contributed by atoms with Gasteiger partial charge in [-0.3, -0.25) is 0 Å². The van der Waals surface area contributed by atoms with Gasteiger partial charge in [0.05, 0.1) is 18.3 Å². The van der Waals surface area contributed by atoms with Crippen molar-refractivity contribution in [1.82, 2.24) is 9.55 Å². The van der Waals surface area contributed by atoms with Gasteiger partial charge in [-0.1, -0.05) is 29.8 Å². The molecule has 0 aliphatic rings. The van der Waals surface area contributed by atoms with Gasteiger partial charge in [0.2, 0.25) is 5.95 Å². The van der Waals surface area contributed by atoms with Crippen molar-refractivity contribution in [2.24, 2.45) is 0 Å². The van der Waals surface area contributed by atoms with Crippen molar-refractivity contribution >= 4 is 5.95 Å². The van der Waals surface area contributed by atoms with E-state index in [0.29, 0.717) is 6.61 Å². The van der Waals surface area contributed by atoms with Gasteiger partial charge in [-0.05, 0) is 32.8 Å². The van der Waals surface area contributed by atoms with Crippen LogP contribution in [0, 0.1) is 13.8 Å². The molecule has 0 spiro atoms. The molecule has 0 aliphatic heterocycles. The second-order valence-electron chi connectivity index (χ2n) is 5.58. The molecule has 114 valence electrons. The first-order valence-corrected chi connectivity index (χ1v) is 7.44. The van der Waals surface area contributed by atoms with E-state index in [1.807, 2.05) is 6.92 Å². The van der Waals surface area contributed by atoms with Crippen molar-refractivity contribution in [2.45, 2.75) is 33.2 Å². The van der Waals surface area contributed by atoms with Gasteiger partial charge in [0.15, 0.2) is 0 Å². The van der Waals surface area contributed by atoms with Crippen LogP contribution < -0.4 is 5.32 Å². The predicted octanol–water partition coefficient (Wildman–Crippen LogP) is 3.36. The second-order valence-corrected chi connectivity index (χ2v) is 5.58. The van der Waals surface area contributed by atoms with Crippen LogP contribution in [-0.4, -0.2) is 29.8 Å². The van der Waals surface area contributed by atoms with Gasteiger partial charge in [-0.25, -0.2) is 4.98 Å². The maximum Gasteiger partial charge on any atom is 0.203 e. The number of ether oxygens (including phenoxy) is 1. The number of rotatable bonds is 7. The van der Waals surface area contributed by atoms with E-state index in [9.17, 15) is 0 Å². The zero-order valence-corrected chi connectivity index (χ0v) is 13.4. The largest absolute Gasteiger partial charge is 0.383 e. The number of aryl methyl sites for hydroxylation is 2. The molecule has 4 nitrogen and oxygen atoms in total. The van der Waals surface area contributed by atoms with E-state index in [2.05, 4.69) is 59.2 Å². The summed E-state index contributed by atoms with van der Waals surface area (Å²) in [6, 6.07) is 8.90. The van der Waals surface area contributed by atoms with Crippen LogP contribution in [0.25, 0.3) is 0 Å². The number of hydrogen-bond donors (Lipinski definition) is 1. The van der Waals surface area contributed by atoms with Crippen LogP contribution >= 0.6 is 0 Å². The van der Waals surface area contributed by atoms with Crippen LogP contribution in [0.5, 0.6) is 0 Å². The van der Waals surface area contributed by atoms with Gasteiger partial charge in [0.1, 0.15) is 0 Å². The van der Waals surface area contributed by atoms with Crippen LogP contribution in [0.4, 0.5) is 5.95 Å². The zero-order chi connectivity index (χ0) is 15.2. The molecule has 0 radical (unpaired) electrons. The van der Waals surface area contributed by atoms with E-state index in [4.69, 9.17) is 4.74 Å². The SMILES string of the molecule is COCC(C)n1cc(C)nc1NCCc1cccc(C)c1. The van der Waals surface area contributed by atoms with Gasteiger partial charge >= 0.3 is 0 Å². The van der Waals surface area contributed by atoms with Gasteiger partial charge in [0.25, 0.3) is 0 Å². The lowest BCUT2D eigenvalue weighted by Gasteiger charge is -2.16. The van der Waals surface area contributed by atoms with Gasteiger partial charge in [0, 0.05) is 19.9 Å². The Morgan fingerprint density at radius 3 is 2.86 bits per heavy atom. The van der Waals surface area contributed by atoms with Crippen molar-refractivity contribution < 1.29 is 4.74 Å². The van der Waals surface area contributed by atoms with Crippen molar-refractivity contribution in [3.05, 3.63) is 47.3 Å². The fourth-order valence-electron chi connectivity index (χ4n) is 2.49. The molecule has 1 aromatic heterocycles. The van der Waals surface area contributed by atoms with E-state index in [1.165, 1.54) is 11.1 Å². The van der Waals surface area contributed by atoms with E-state index in [1.54, 1.807) is 7.11 Å². The summed E-state index contributed by atoms with van der Waals surface area (Å²) in [5, 5.41) is 3.44. The Balaban J connectivity index is 1.96. The lowest BCUT2D eigenvalue weighted by atomic mass is 10.1. The highest BCUT2D eigenvalue weighted by Crippen LogP contribution is 2.16. The monoisotopic (exact) mass is 287 g/mol. The summed E-state index contributed by atoms with van der Waals surface area (Å²) < 4.78 is 7.38. The summed E-state index contributed by atoms with van der Waals surface area (Å²) in [5.41, 5.74) is 3.68. The lowest BCUT2D eigenvalue weighted by molar-refractivity contribution is 0.163. The van der Waals surface area contributed by atoms with Gasteiger partial charge < -0.3 is 14.6 Å². The topological polar surface area (TPSA) is 39.1 Å². The average Bonchev–Trinajstić information content (AvgIpc) is 2.80. The Kier molecular flexibility index (Phi) is 5.39. The van der Waals surface area contributed by atoms with Crippen molar-refractivity contribution in [2.75, 3.05) is 25.6 Å². The highest BCUT2D eigenvalue weighted by molar-refractivity contribution is 5.30. The Bertz CT molecular complexity index is 577. The summed E-state index contributed by atoms with van der Waals surface area (Å²) in [6.45, 7) is 7.83. The van der Waals surface area contributed by atoms with Crippen molar-refractivity contribution in [3.8, 4) is 0 Å².